The summed E-state index contributed by atoms with van der Waals surface area (Å²) in [5.41, 5.74) is 11.6. The third kappa shape index (κ3) is 6.64. The molecule has 1 aromatic carbocycles. The Hall–Kier alpha value is -3.72. The van der Waals surface area contributed by atoms with Gasteiger partial charge in [-0.15, -0.1) is 0 Å². The number of hydrogen-bond acceptors (Lipinski definition) is 4. The summed E-state index contributed by atoms with van der Waals surface area (Å²) in [4.78, 5) is 13.5. The molecule has 0 saturated heterocycles. The average molecular weight is 429 g/mol. The molecule has 3 N–H and O–H groups in total. The minimum atomic E-state index is -0.264. The molecule has 0 aliphatic carbocycles. The van der Waals surface area contributed by atoms with Crippen LogP contribution in [-0.4, -0.2) is 22.7 Å². The van der Waals surface area contributed by atoms with Crippen LogP contribution in [0.4, 0.5) is 0 Å². The van der Waals surface area contributed by atoms with Gasteiger partial charge in [0.2, 0.25) is 0 Å². The largest absolute Gasteiger partial charge is 0.370 e. The number of nitriles is 1. The zero-order valence-corrected chi connectivity index (χ0v) is 19.5. The van der Waals surface area contributed by atoms with Crippen molar-refractivity contribution in [3.05, 3.63) is 84.0 Å². The summed E-state index contributed by atoms with van der Waals surface area (Å²) < 4.78 is 0. The molecule has 1 heterocycles. The number of guanidine groups is 1. The second-order valence-electron chi connectivity index (χ2n) is 8.07. The fourth-order valence-electron chi connectivity index (χ4n) is 3.29. The first kappa shape index (κ1) is 24.5. The van der Waals surface area contributed by atoms with Crippen molar-refractivity contribution in [1.82, 2.24) is 10.3 Å². The first-order valence-electron chi connectivity index (χ1n) is 10.6. The average Bonchev–Trinajstić information content (AvgIpc) is 2.80. The van der Waals surface area contributed by atoms with Gasteiger partial charge in [-0.3, -0.25) is 9.98 Å². The van der Waals surface area contributed by atoms with Crippen LogP contribution < -0.4 is 11.1 Å². The molecule has 0 bridgehead atoms. The third-order valence-electron chi connectivity index (χ3n) is 5.34. The summed E-state index contributed by atoms with van der Waals surface area (Å²) >= 11 is 0. The van der Waals surface area contributed by atoms with E-state index in [1.807, 2.05) is 13.8 Å². The fourth-order valence-corrected chi connectivity index (χ4v) is 3.29. The van der Waals surface area contributed by atoms with Crippen LogP contribution >= 0.6 is 0 Å². The molecule has 32 heavy (non-hydrogen) atoms. The highest BCUT2D eigenvalue weighted by molar-refractivity contribution is 5.92. The summed E-state index contributed by atoms with van der Waals surface area (Å²) in [6, 6.07) is 12.3. The topological polar surface area (TPSA) is 99.4 Å². The third-order valence-corrected chi connectivity index (χ3v) is 5.34. The Kier molecular flexibility index (Phi) is 8.91. The molecule has 2 aromatic rings. The Labute approximate surface area is 191 Å². The Bertz CT molecular complexity index is 1050. The summed E-state index contributed by atoms with van der Waals surface area (Å²) in [7, 11) is 0. The van der Waals surface area contributed by atoms with Gasteiger partial charge >= 0.3 is 0 Å². The van der Waals surface area contributed by atoms with Crippen molar-refractivity contribution in [3.63, 3.8) is 0 Å². The Balaban J connectivity index is 2.38. The van der Waals surface area contributed by atoms with Crippen LogP contribution in [0, 0.1) is 11.3 Å². The number of nitrogens with zero attached hydrogens (tertiary/aromatic N) is 4. The second kappa shape index (κ2) is 11.6. The molecular weight excluding hydrogens is 396 g/mol. The van der Waals surface area contributed by atoms with Crippen molar-refractivity contribution >= 4 is 17.2 Å². The fraction of sp³-hybridized carbons (Fsp3) is 0.308. The van der Waals surface area contributed by atoms with Crippen LogP contribution in [-0.2, 0) is 0 Å². The van der Waals surface area contributed by atoms with E-state index >= 15 is 0 Å². The lowest BCUT2D eigenvalue weighted by atomic mass is 9.89. The predicted octanol–water partition coefficient (Wildman–Crippen LogP) is 5.12. The summed E-state index contributed by atoms with van der Waals surface area (Å²) in [5.74, 6) is 0.824. The van der Waals surface area contributed by atoms with Crippen molar-refractivity contribution in [2.24, 2.45) is 15.7 Å². The van der Waals surface area contributed by atoms with Crippen LogP contribution in [0.2, 0.25) is 0 Å². The molecule has 0 spiro atoms. The number of nitrogens with one attached hydrogen (secondary N) is 1. The van der Waals surface area contributed by atoms with E-state index < -0.39 is 0 Å². The van der Waals surface area contributed by atoms with E-state index in [1.54, 1.807) is 18.5 Å². The molecule has 0 aliphatic rings. The van der Waals surface area contributed by atoms with Crippen LogP contribution in [0.1, 0.15) is 68.7 Å². The van der Waals surface area contributed by atoms with Gasteiger partial charge in [-0.25, -0.2) is 4.99 Å². The lowest BCUT2D eigenvalue weighted by molar-refractivity contribution is 0.687. The molecule has 0 radical (unpaired) electrons. The summed E-state index contributed by atoms with van der Waals surface area (Å²) in [6.45, 7) is 14.0. The van der Waals surface area contributed by atoms with Crippen LogP contribution in [0.15, 0.2) is 71.7 Å². The predicted molar refractivity (Wildman–Crippen MR) is 133 cm³/mol. The standard InChI is InChI=1S/C26H32N6/c1-7-30-26(28)32-25(19(5)23-10-8-22(9-11-23)17(2)3)20(6)31-14-18(4)24-12-21(13-27)15-29-16-24/h7-12,14-17,19,25H,1H2,2-6H3,(H3,28,30,32)/b18-14+,31-20?. The SMILES string of the molecule is C=CNC(N)=NC(C(C)=N/C=C(\C)c1cncc(C#N)c1)C(C)c1ccc(C(C)C)cc1. The molecule has 2 rings (SSSR count). The second-order valence-corrected chi connectivity index (χ2v) is 8.07. The van der Waals surface area contributed by atoms with Gasteiger partial charge < -0.3 is 11.1 Å². The van der Waals surface area contributed by atoms with Gasteiger partial charge in [0.25, 0.3) is 0 Å². The molecule has 2 unspecified atom stereocenters. The lowest BCUT2D eigenvalue weighted by Gasteiger charge is -2.22. The van der Waals surface area contributed by atoms with Crippen molar-refractivity contribution in [3.8, 4) is 6.07 Å². The number of benzene rings is 1. The number of allylic oxidation sites excluding steroid dienone is 1. The van der Waals surface area contributed by atoms with Crippen LogP contribution in [0.3, 0.4) is 0 Å². The first-order chi connectivity index (χ1) is 15.3. The summed E-state index contributed by atoms with van der Waals surface area (Å²) in [6.07, 6.45) is 6.54. The molecule has 6 nitrogen and oxygen atoms in total. The number of rotatable bonds is 8. The summed E-state index contributed by atoms with van der Waals surface area (Å²) in [5, 5.41) is 11.9. The van der Waals surface area contributed by atoms with E-state index in [4.69, 9.17) is 11.0 Å². The highest BCUT2D eigenvalue weighted by Crippen LogP contribution is 2.25. The van der Waals surface area contributed by atoms with Gasteiger partial charge in [0.15, 0.2) is 5.96 Å². The molecule has 0 amide bonds. The Morgan fingerprint density at radius 3 is 2.41 bits per heavy atom. The minimum absolute atomic E-state index is 0.0578. The normalized spacial score (nSPS) is 14.6. The highest BCUT2D eigenvalue weighted by Gasteiger charge is 2.22. The lowest BCUT2D eigenvalue weighted by Crippen LogP contribution is -2.32. The number of pyridine rings is 1. The Morgan fingerprint density at radius 1 is 1.16 bits per heavy atom. The van der Waals surface area contributed by atoms with Crippen LogP contribution in [0.5, 0.6) is 0 Å². The molecule has 166 valence electrons. The monoisotopic (exact) mass is 428 g/mol. The maximum absolute atomic E-state index is 9.10. The van der Waals surface area contributed by atoms with E-state index in [0.717, 1.165) is 22.4 Å². The van der Waals surface area contributed by atoms with E-state index in [-0.39, 0.29) is 17.9 Å². The van der Waals surface area contributed by atoms with Gasteiger partial charge in [0.05, 0.1) is 11.6 Å². The van der Waals surface area contributed by atoms with E-state index in [0.29, 0.717) is 11.5 Å². The smallest absolute Gasteiger partial charge is 0.193 e. The quantitative estimate of drug-likeness (QED) is 0.450. The van der Waals surface area contributed by atoms with Gasteiger partial charge in [0, 0.05) is 30.2 Å². The number of aromatic nitrogens is 1. The van der Waals surface area contributed by atoms with E-state index in [9.17, 15) is 0 Å². The number of nitrogens with two attached hydrogens (primary N) is 1. The zero-order valence-electron chi connectivity index (χ0n) is 19.5. The van der Waals surface area contributed by atoms with Gasteiger partial charge in [-0.05, 0) is 54.3 Å². The van der Waals surface area contributed by atoms with Gasteiger partial charge in [-0.2, -0.15) is 5.26 Å². The van der Waals surface area contributed by atoms with Crippen molar-refractivity contribution in [2.45, 2.75) is 52.5 Å². The number of aliphatic imine (C=N–C) groups is 2. The molecule has 0 fully saturated rings. The minimum Gasteiger partial charge on any atom is -0.370 e. The van der Waals surface area contributed by atoms with E-state index in [2.05, 4.69) is 78.0 Å². The molecule has 0 saturated carbocycles. The number of hydrogen-bond donors (Lipinski definition) is 2. The van der Waals surface area contributed by atoms with Crippen molar-refractivity contribution in [2.75, 3.05) is 0 Å². The molecule has 2 atom stereocenters. The van der Waals surface area contributed by atoms with Crippen molar-refractivity contribution in [1.29, 1.82) is 5.26 Å². The van der Waals surface area contributed by atoms with Gasteiger partial charge in [-0.1, -0.05) is 51.6 Å². The Morgan fingerprint density at radius 2 is 1.81 bits per heavy atom. The van der Waals surface area contributed by atoms with E-state index in [1.165, 1.54) is 18.0 Å². The van der Waals surface area contributed by atoms with Crippen LogP contribution in [0.25, 0.3) is 5.57 Å². The zero-order chi connectivity index (χ0) is 23.7. The highest BCUT2D eigenvalue weighted by atomic mass is 15.1. The molecular formula is C26H32N6. The first-order valence-corrected chi connectivity index (χ1v) is 10.6. The van der Waals surface area contributed by atoms with Crippen molar-refractivity contribution < 1.29 is 0 Å². The molecule has 6 heteroatoms. The maximum Gasteiger partial charge on any atom is 0.193 e. The van der Waals surface area contributed by atoms with Gasteiger partial charge in [0.1, 0.15) is 6.07 Å². The molecule has 0 aliphatic heterocycles. The molecule has 1 aromatic heterocycles. The maximum atomic E-state index is 9.10.